The van der Waals surface area contributed by atoms with Crippen molar-refractivity contribution in [1.82, 2.24) is 10.1 Å². The van der Waals surface area contributed by atoms with Gasteiger partial charge in [-0.05, 0) is 62.7 Å². The second-order valence-electron chi connectivity index (χ2n) is 7.79. The van der Waals surface area contributed by atoms with E-state index in [2.05, 4.69) is 15.4 Å². The van der Waals surface area contributed by atoms with Gasteiger partial charge < -0.3 is 18.9 Å². The Morgan fingerprint density at radius 2 is 2.09 bits per heavy atom. The van der Waals surface area contributed by atoms with Gasteiger partial charge in [-0.2, -0.15) is 0 Å². The van der Waals surface area contributed by atoms with Crippen LogP contribution in [-0.4, -0.2) is 49.5 Å². The summed E-state index contributed by atoms with van der Waals surface area (Å²) in [4.78, 5) is 14.3. The highest BCUT2D eigenvalue weighted by molar-refractivity contribution is 6.32. The second kappa shape index (κ2) is 10.2. The quantitative estimate of drug-likeness (QED) is 0.471. The standard InChI is InChI=1S/C23H25ClFN3O4/c1-30-20-6-4-17(14-19(20)24)26-23(29)31-12-2-9-28-10-7-15(8-11-28)22-18-5-3-16(25)13-21(18)32-27-22/h3-6,13-15H,2,7-12H2,1H3,(H,26,29). The van der Waals surface area contributed by atoms with E-state index in [9.17, 15) is 9.18 Å². The lowest BCUT2D eigenvalue weighted by Gasteiger charge is -2.31. The van der Waals surface area contributed by atoms with E-state index in [1.54, 1.807) is 24.3 Å². The first-order valence-electron chi connectivity index (χ1n) is 10.6. The molecule has 7 nitrogen and oxygen atoms in total. The summed E-state index contributed by atoms with van der Waals surface area (Å²) in [5.74, 6) is 0.523. The fraction of sp³-hybridized carbons (Fsp3) is 0.391. The minimum Gasteiger partial charge on any atom is -0.495 e. The van der Waals surface area contributed by atoms with Gasteiger partial charge >= 0.3 is 6.09 Å². The normalized spacial score (nSPS) is 15.1. The number of benzene rings is 2. The molecule has 1 aliphatic heterocycles. The van der Waals surface area contributed by atoms with E-state index in [1.807, 2.05) is 0 Å². The van der Waals surface area contributed by atoms with Crippen molar-refractivity contribution in [2.45, 2.75) is 25.2 Å². The Kier molecular flexibility index (Phi) is 7.12. The van der Waals surface area contributed by atoms with Crippen LogP contribution in [-0.2, 0) is 4.74 Å². The predicted molar refractivity (Wildman–Crippen MR) is 120 cm³/mol. The average molecular weight is 462 g/mol. The number of halogens is 2. The minimum atomic E-state index is -0.515. The Morgan fingerprint density at radius 3 is 2.84 bits per heavy atom. The van der Waals surface area contributed by atoms with Crippen molar-refractivity contribution in [3.05, 3.63) is 52.9 Å². The van der Waals surface area contributed by atoms with Gasteiger partial charge in [0.05, 0.1) is 24.4 Å². The zero-order chi connectivity index (χ0) is 22.5. The number of nitrogens with zero attached hydrogens (tertiary/aromatic N) is 2. The maximum absolute atomic E-state index is 13.4. The summed E-state index contributed by atoms with van der Waals surface area (Å²) >= 11 is 6.06. The van der Waals surface area contributed by atoms with Crippen LogP contribution in [0.5, 0.6) is 5.75 Å². The molecule has 32 heavy (non-hydrogen) atoms. The molecule has 0 saturated carbocycles. The van der Waals surface area contributed by atoms with Gasteiger partial charge in [0.15, 0.2) is 5.58 Å². The van der Waals surface area contributed by atoms with E-state index in [-0.39, 0.29) is 5.82 Å². The van der Waals surface area contributed by atoms with Crippen molar-refractivity contribution in [3.63, 3.8) is 0 Å². The van der Waals surface area contributed by atoms with Crippen LogP contribution < -0.4 is 10.1 Å². The van der Waals surface area contributed by atoms with Crippen LogP contribution in [0.15, 0.2) is 40.9 Å². The van der Waals surface area contributed by atoms with Crippen molar-refractivity contribution >= 4 is 34.4 Å². The van der Waals surface area contributed by atoms with Crippen LogP contribution in [0.4, 0.5) is 14.9 Å². The SMILES string of the molecule is COc1ccc(NC(=O)OCCCN2CCC(c3noc4cc(F)ccc34)CC2)cc1Cl. The lowest BCUT2D eigenvalue weighted by atomic mass is 9.91. The first-order chi connectivity index (χ1) is 15.5. The van der Waals surface area contributed by atoms with Gasteiger partial charge in [0.25, 0.3) is 0 Å². The summed E-state index contributed by atoms with van der Waals surface area (Å²) in [6, 6.07) is 9.55. The van der Waals surface area contributed by atoms with E-state index in [0.29, 0.717) is 34.6 Å². The largest absolute Gasteiger partial charge is 0.495 e. The van der Waals surface area contributed by atoms with Gasteiger partial charge in [-0.25, -0.2) is 9.18 Å². The highest BCUT2D eigenvalue weighted by Gasteiger charge is 2.25. The number of rotatable bonds is 7. The van der Waals surface area contributed by atoms with Crippen molar-refractivity contribution in [2.24, 2.45) is 0 Å². The maximum atomic E-state index is 13.4. The molecule has 9 heteroatoms. The molecule has 0 aliphatic carbocycles. The van der Waals surface area contributed by atoms with Crippen LogP contribution in [0.3, 0.4) is 0 Å². The molecule has 1 aromatic heterocycles. The Hall–Kier alpha value is -2.84. The number of nitrogens with one attached hydrogen (secondary N) is 1. The van der Waals surface area contributed by atoms with Crippen molar-refractivity contribution in [1.29, 1.82) is 0 Å². The highest BCUT2D eigenvalue weighted by Crippen LogP contribution is 2.32. The van der Waals surface area contributed by atoms with Crippen molar-refractivity contribution in [3.8, 4) is 5.75 Å². The Morgan fingerprint density at radius 1 is 1.28 bits per heavy atom. The third-order valence-corrected chi connectivity index (χ3v) is 5.98. The second-order valence-corrected chi connectivity index (χ2v) is 8.20. The summed E-state index contributed by atoms with van der Waals surface area (Å²) in [7, 11) is 1.53. The summed E-state index contributed by atoms with van der Waals surface area (Å²) in [5.41, 5.74) is 1.96. The smallest absolute Gasteiger partial charge is 0.411 e. The van der Waals surface area contributed by atoms with Crippen molar-refractivity contribution < 1.29 is 23.2 Å². The number of carbonyl (C=O) groups excluding carboxylic acids is 1. The number of anilines is 1. The lowest BCUT2D eigenvalue weighted by molar-refractivity contribution is 0.145. The number of aromatic nitrogens is 1. The fourth-order valence-corrected chi connectivity index (χ4v) is 4.26. The average Bonchev–Trinajstić information content (AvgIpc) is 3.20. The summed E-state index contributed by atoms with van der Waals surface area (Å²) < 4.78 is 29.0. The molecule has 1 saturated heterocycles. The Bertz CT molecular complexity index is 1080. The number of fused-ring (bicyclic) bond motifs is 1. The number of methoxy groups -OCH3 is 1. The van der Waals surface area contributed by atoms with Gasteiger partial charge in [-0.3, -0.25) is 5.32 Å². The van der Waals surface area contributed by atoms with E-state index in [4.69, 9.17) is 25.6 Å². The third kappa shape index (κ3) is 5.31. The minimum absolute atomic E-state index is 0.302. The molecule has 2 aromatic carbocycles. The number of hydrogen-bond acceptors (Lipinski definition) is 6. The molecule has 1 amide bonds. The first kappa shape index (κ1) is 22.4. The fourth-order valence-electron chi connectivity index (χ4n) is 4.01. The molecule has 0 radical (unpaired) electrons. The molecule has 0 spiro atoms. The molecule has 1 N–H and O–H groups in total. The molecule has 3 aromatic rings. The zero-order valence-electron chi connectivity index (χ0n) is 17.8. The number of hydrogen-bond donors (Lipinski definition) is 1. The third-order valence-electron chi connectivity index (χ3n) is 5.69. The first-order valence-corrected chi connectivity index (χ1v) is 11.0. The monoisotopic (exact) mass is 461 g/mol. The maximum Gasteiger partial charge on any atom is 0.411 e. The number of amides is 1. The number of piperidine rings is 1. The number of likely N-dealkylation sites (tertiary alicyclic amines) is 1. The summed E-state index contributed by atoms with van der Waals surface area (Å²) in [6.07, 6.45) is 2.14. The highest BCUT2D eigenvalue weighted by atomic mass is 35.5. The van der Waals surface area contributed by atoms with E-state index < -0.39 is 6.09 Å². The Balaban J connectivity index is 1.17. The number of ether oxygens (including phenoxy) is 2. The Labute approximate surface area is 190 Å². The van der Waals surface area contributed by atoms with Gasteiger partial charge in [0.2, 0.25) is 0 Å². The molecular weight excluding hydrogens is 437 g/mol. The molecule has 170 valence electrons. The molecule has 0 bridgehead atoms. The van der Waals surface area contributed by atoms with Gasteiger partial charge in [-0.1, -0.05) is 16.8 Å². The van der Waals surface area contributed by atoms with E-state index in [1.165, 1.54) is 19.2 Å². The van der Waals surface area contributed by atoms with Crippen LogP contribution in [0.1, 0.15) is 30.9 Å². The van der Waals surface area contributed by atoms with Gasteiger partial charge in [0.1, 0.15) is 11.6 Å². The molecule has 2 heterocycles. The number of carbonyl (C=O) groups is 1. The lowest BCUT2D eigenvalue weighted by Crippen LogP contribution is -2.34. The molecule has 1 aliphatic rings. The topological polar surface area (TPSA) is 76.8 Å². The molecule has 0 unspecified atom stereocenters. The molecule has 1 fully saturated rings. The summed E-state index contributed by atoms with van der Waals surface area (Å²) in [5, 5.41) is 8.15. The zero-order valence-corrected chi connectivity index (χ0v) is 18.5. The van der Waals surface area contributed by atoms with Crippen LogP contribution in [0.25, 0.3) is 11.0 Å². The molecular formula is C23H25ClFN3O4. The molecule has 0 atom stereocenters. The predicted octanol–water partition coefficient (Wildman–Crippen LogP) is 5.45. The van der Waals surface area contributed by atoms with Gasteiger partial charge in [-0.15, -0.1) is 0 Å². The van der Waals surface area contributed by atoms with Crippen LogP contribution in [0, 0.1) is 5.82 Å². The van der Waals surface area contributed by atoms with Crippen molar-refractivity contribution in [2.75, 3.05) is 38.7 Å². The molecule has 4 rings (SSSR count). The van der Waals surface area contributed by atoms with Crippen LogP contribution >= 0.6 is 11.6 Å². The summed E-state index contributed by atoms with van der Waals surface area (Å²) in [6.45, 7) is 3.03. The van der Waals surface area contributed by atoms with Crippen LogP contribution in [0.2, 0.25) is 5.02 Å². The van der Waals surface area contributed by atoms with E-state index >= 15 is 0 Å². The van der Waals surface area contributed by atoms with E-state index in [0.717, 1.165) is 50.0 Å². The van der Waals surface area contributed by atoms with Gasteiger partial charge in [0, 0.05) is 29.6 Å².